The number of aliphatic carboxylic acids is 1. The molecule has 0 aliphatic heterocycles. The van der Waals surface area contributed by atoms with Crippen molar-refractivity contribution in [3.63, 3.8) is 0 Å². The largest absolute Gasteiger partial charge is 0.479 e. The van der Waals surface area contributed by atoms with Gasteiger partial charge in [0.05, 0.1) is 0 Å². The van der Waals surface area contributed by atoms with Crippen molar-refractivity contribution in [2.45, 2.75) is 13.0 Å². The lowest BCUT2D eigenvalue weighted by Crippen LogP contribution is -2.22. The highest BCUT2D eigenvalue weighted by atomic mass is 16.5. The van der Waals surface area contributed by atoms with Gasteiger partial charge in [0.15, 0.2) is 6.10 Å². The summed E-state index contributed by atoms with van der Waals surface area (Å²) in [6, 6.07) is 17.0. The average Bonchev–Trinajstić information content (AvgIpc) is 2.42. The van der Waals surface area contributed by atoms with Crippen LogP contribution in [0.5, 0.6) is 5.75 Å². The first-order valence-electron chi connectivity index (χ1n) is 5.97. The first-order chi connectivity index (χ1) is 9.15. The highest BCUT2D eigenvalue weighted by Gasteiger charge is 2.11. The van der Waals surface area contributed by atoms with Crippen LogP contribution in [-0.2, 0) is 4.79 Å². The number of anilines is 2. The molecule has 0 saturated carbocycles. The predicted molar refractivity (Wildman–Crippen MR) is 73.9 cm³/mol. The van der Waals surface area contributed by atoms with Crippen molar-refractivity contribution >= 4 is 17.3 Å². The maximum Gasteiger partial charge on any atom is 0.344 e. The zero-order valence-electron chi connectivity index (χ0n) is 10.5. The van der Waals surface area contributed by atoms with Gasteiger partial charge in [-0.05, 0) is 43.3 Å². The van der Waals surface area contributed by atoms with Gasteiger partial charge in [-0.1, -0.05) is 18.2 Å². The van der Waals surface area contributed by atoms with E-state index in [-0.39, 0.29) is 0 Å². The van der Waals surface area contributed by atoms with Crippen LogP contribution in [0.1, 0.15) is 6.92 Å². The molecule has 98 valence electrons. The van der Waals surface area contributed by atoms with Crippen LogP contribution in [0.15, 0.2) is 54.6 Å². The molecule has 19 heavy (non-hydrogen) atoms. The Morgan fingerprint density at radius 3 is 2.21 bits per heavy atom. The van der Waals surface area contributed by atoms with E-state index in [4.69, 9.17) is 9.84 Å². The summed E-state index contributed by atoms with van der Waals surface area (Å²) in [7, 11) is 0. The van der Waals surface area contributed by atoms with Crippen LogP contribution in [-0.4, -0.2) is 17.2 Å². The van der Waals surface area contributed by atoms with Crippen LogP contribution in [0.3, 0.4) is 0 Å². The summed E-state index contributed by atoms with van der Waals surface area (Å²) < 4.78 is 5.25. The molecule has 4 heteroatoms. The molecule has 0 heterocycles. The SMILES string of the molecule is CC(Oc1ccc(Nc2ccccc2)cc1)C(=O)O. The fraction of sp³-hybridized carbons (Fsp3) is 0.133. The number of para-hydroxylation sites is 1. The smallest absolute Gasteiger partial charge is 0.344 e. The Morgan fingerprint density at radius 2 is 1.63 bits per heavy atom. The van der Waals surface area contributed by atoms with E-state index < -0.39 is 12.1 Å². The molecular weight excluding hydrogens is 242 g/mol. The molecule has 0 spiro atoms. The van der Waals surface area contributed by atoms with Crippen LogP contribution in [0.25, 0.3) is 0 Å². The van der Waals surface area contributed by atoms with E-state index in [0.29, 0.717) is 5.75 Å². The summed E-state index contributed by atoms with van der Waals surface area (Å²) >= 11 is 0. The highest BCUT2D eigenvalue weighted by molar-refractivity contribution is 5.72. The molecule has 2 aromatic rings. The molecule has 4 nitrogen and oxygen atoms in total. The zero-order chi connectivity index (χ0) is 13.7. The quantitative estimate of drug-likeness (QED) is 0.863. The van der Waals surface area contributed by atoms with Gasteiger partial charge in [0.1, 0.15) is 5.75 Å². The Bertz CT molecular complexity index is 537. The number of hydrogen-bond donors (Lipinski definition) is 2. The van der Waals surface area contributed by atoms with Gasteiger partial charge in [0.25, 0.3) is 0 Å². The van der Waals surface area contributed by atoms with E-state index in [1.807, 2.05) is 42.5 Å². The van der Waals surface area contributed by atoms with Gasteiger partial charge < -0.3 is 15.2 Å². The number of carbonyl (C=O) groups is 1. The minimum atomic E-state index is -0.980. The van der Waals surface area contributed by atoms with E-state index in [9.17, 15) is 4.79 Å². The van der Waals surface area contributed by atoms with E-state index in [2.05, 4.69) is 5.32 Å². The van der Waals surface area contributed by atoms with E-state index in [1.165, 1.54) is 6.92 Å². The summed E-state index contributed by atoms with van der Waals surface area (Å²) in [5.74, 6) is -0.444. The van der Waals surface area contributed by atoms with Crippen molar-refractivity contribution in [1.82, 2.24) is 0 Å². The van der Waals surface area contributed by atoms with Crippen molar-refractivity contribution < 1.29 is 14.6 Å². The predicted octanol–water partition coefficient (Wildman–Crippen LogP) is 3.28. The second-order valence-electron chi connectivity index (χ2n) is 4.11. The van der Waals surface area contributed by atoms with Gasteiger partial charge in [-0.2, -0.15) is 0 Å². The number of carboxylic acids is 1. The van der Waals surface area contributed by atoms with Gasteiger partial charge in [-0.3, -0.25) is 0 Å². The van der Waals surface area contributed by atoms with E-state index >= 15 is 0 Å². The molecule has 2 N–H and O–H groups in total. The van der Waals surface area contributed by atoms with Crippen molar-refractivity contribution in [3.05, 3.63) is 54.6 Å². The summed E-state index contributed by atoms with van der Waals surface area (Å²) in [5, 5.41) is 12.0. The summed E-state index contributed by atoms with van der Waals surface area (Å²) in [5.41, 5.74) is 1.91. The molecular formula is C15H15NO3. The maximum atomic E-state index is 10.7. The van der Waals surface area contributed by atoms with Crippen molar-refractivity contribution in [1.29, 1.82) is 0 Å². The van der Waals surface area contributed by atoms with Crippen LogP contribution < -0.4 is 10.1 Å². The van der Waals surface area contributed by atoms with Crippen LogP contribution in [0.2, 0.25) is 0 Å². The first kappa shape index (κ1) is 13.0. The van der Waals surface area contributed by atoms with Crippen LogP contribution in [0, 0.1) is 0 Å². The maximum absolute atomic E-state index is 10.7. The fourth-order valence-electron chi connectivity index (χ4n) is 1.56. The van der Waals surface area contributed by atoms with Gasteiger partial charge in [-0.25, -0.2) is 4.79 Å². The average molecular weight is 257 g/mol. The molecule has 1 atom stereocenters. The summed E-state index contributed by atoms with van der Waals surface area (Å²) in [6.07, 6.45) is -0.854. The fourth-order valence-corrected chi connectivity index (χ4v) is 1.56. The third-order valence-electron chi connectivity index (χ3n) is 2.58. The third kappa shape index (κ3) is 3.74. The monoisotopic (exact) mass is 257 g/mol. The second-order valence-corrected chi connectivity index (χ2v) is 4.11. The van der Waals surface area contributed by atoms with E-state index in [1.54, 1.807) is 12.1 Å². The van der Waals surface area contributed by atoms with Crippen LogP contribution >= 0.6 is 0 Å². The second kappa shape index (κ2) is 5.91. The van der Waals surface area contributed by atoms with Gasteiger partial charge >= 0.3 is 5.97 Å². The van der Waals surface area contributed by atoms with E-state index in [0.717, 1.165) is 11.4 Å². The van der Waals surface area contributed by atoms with Gasteiger partial charge in [0.2, 0.25) is 0 Å². The molecule has 2 aromatic carbocycles. The molecule has 0 aliphatic rings. The number of nitrogens with one attached hydrogen (secondary N) is 1. The molecule has 0 aromatic heterocycles. The number of carboxylic acid groups (broad SMARTS) is 1. The lowest BCUT2D eigenvalue weighted by molar-refractivity contribution is -0.144. The normalized spacial score (nSPS) is 11.6. The molecule has 0 amide bonds. The number of hydrogen-bond acceptors (Lipinski definition) is 3. The number of benzene rings is 2. The molecule has 0 bridgehead atoms. The lowest BCUT2D eigenvalue weighted by atomic mass is 10.2. The molecule has 0 aliphatic carbocycles. The Morgan fingerprint density at radius 1 is 1.05 bits per heavy atom. The van der Waals surface area contributed by atoms with Crippen LogP contribution in [0.4, 0.5) is 11.4 Å². The van der Waals surface area contributed by atoms with Gasteiger partial charge in [0, 0.05) is 11.4 Å². The summed E-state index contributed by atoms with van der Waals surface area (Å²) in [6.45, 7) is 1.50. The lowest BCUT2D eigenvalue weighted by Gasteiger charge is -2.11. The Hall–Kier alpha value is -2.49. The topological polar surface area (TPSA) is 58.6 Å². The zero-order valence-corrected chi connectivity index (χ0v) is 10.5. The van der Waals surface area contributed by atoms with Crippen molar-refractivity contribution in [2.75, 3.05) is 5.32 Å². The molecule has 1 unspecified atom stereocenters. The minimum absolute atomic E-state index is 0.536. The third-order valence-corrected chi connectivity index (χ3v) is 2.58. The van der Waals surface area contributed by atoms with Crippen molar-refractivity contribution in [3.8, 4) is 5.75 Å². The standard InChI is InChI=1S/C15H15NO3/c1-11(15(17)18)19-14-9-7-13(8-10-14)16-12-5-3-2-4-6-12/h2-11,16H,1H3,(H,17,18). The molecule has 0 fully saturated rings. The molecule has 0 radical (unpaired) electrons. The summed E-state index contributed by atoms with van der Waals surface area (Å²) in [4.78, 5) is 10.7. The number of ether oxygens (including phenoxy) is 1. The number of rotatable bonds is 5. The molecule has 2 rings (SSSR count). The van der Waals surface area contributed by atoms with Gasteiger partial charge in [-0.15, -0.1) is 0 Å². The van der Waals surface area contributed by atoms with Crippen molar-refractivity contribution in [2.24, 2.45) is 0 Å². The first-order valence-corrected chi connectivity index (χ1v) is 5.97. The Kier molecular flexibility index (Phi) is 4.03. The minimum Gasteiger partial charge on any atom is -0.479 e. The Labute approximate surface area is 111 Å². The Balaban J connectivity index is 2.01. The molecule has 0 saturated heterocycles. The highest BCUT2D eigenvalue weighted by Crippen LogP contribution is 2.20.